The van der Waals surface area contributed by atoms with Crippen LogP contribution in [-0.4, -0.2) is 36.3 Å². The predicted molar refractivity (Wildman–Crippen MR) is 101 cm³/mol. The number of ether oxygens (including phenoxy) is 1. The van der Waals surface area contributed by atoms with Crippen LogP contribution in [0.25, 0.3) is 0 Å². The Bertz CT molecular complexity index is 933. The highest BCUT2D eigenvalue weighted by Crippen LogP contribution is 2.37. The van der Waals surface area contributed by atoms with Crippen LogP contribution in [0.5, 0.6) is 0 Å². The van der Waals surface area contributed by atoms with Crippen LogP contribution in [0.3, 0.4) is 0 Å². The van der Waals surface area contributed by atoms with Crippen molar-refractivity contribution >= 4 is 17.5 Å². The summed E-state index contributed by atoms with van der Waals surface area (Å²) in [5, 5.41) is 12.8. The first-order valence-electron chi connectivity index (χ1n) is 9.36. The first-order chi connectivity index (χ1) is 13.5. The zero-order chi connectivity index (χ0) is 19.7. The van der Waals surface area contributed by atoms with Gasteiger partial charge in [0, 0.05) is 31.9 Å². The van der Waals surface area contributed by atoms with E-state index < -0.39 is 17.0 Å². The Morgan fingerprint density at radius 3 is 2.64 bits per heavy atom. The second-order valence-corrected chi connectivity index (χ2v) is 7.26. The van der Waals surface area contributed by atoms with Crippen molar-refractivity contribution in [2.45, 2.75) is 31.6 Å². The fourth-order valence-electron chi connectivity index (χ4n) is 3.51. The summed E-state index contributed by atoms with van der Waals surface area (Å²) in [5.41, 5.74) is 0.0635. The molecule has 0 bridgehead atoms. The summed E-state index contributed by atoms with van der Waals surface area (Å²) in [4.78, 5) is 10.5. The summed E-state index contributed by atoms with van der Waals surface area (Å²) in [5.74, 6) is -0.406. The molecule has 2 aliphatic heterocycles. The Morgan fingerprint density at radius 1 is 1.25 bits per heavy atom. The third kappa shape index (κ3) is 3.27. The fraction of sp³-hybridized carbons (Fsp3) is 0.450. The number of anilines is 3. The maximum Gasteiger partial charge on any atom is 0.171 e. The fourth-order valence-corrected chi connectivity index (χ4v) is 3.51. The molecule has 28 heavy (non-hydrogen) atoms. The second-order valence-electron chi connectivity index (χ2n) is 7.26. The zero-order valence-corrected chi connectivity index (χ0v) is 15.6. The summed E-state index contributed by atoms with van der Waals surface area (Å²) < 4.78 is 33.4. The standard InChI is InChI=1S/C20H21F2N5O/c1-13-15(21)11-24-19(18(13)22)26-16-9-14(10-17(25-16)27-5-2-6-27)20(12-23)3-7-28-8-4-20/h9-11H,2-8H2,1H3,(H,24,25,26). The van der Waals surface area contributed by atoms with Crippen molar-refractivity contribution in [3.63, 3.8) is 0 Å². The number of hydrogen-bond acceptors (Lipinski definition) is 6. The number of nitriles is 1. The molecule has 2 aromatic heterocycles. The molecule has 2 aromatic rings. The minimum atomic E-state index is -0.751. The summed E-state index contributed by atoms with van der Waals surface area (Å²) in [7, 11) is 0. The van der Waals surface area contributed by atoms with Gasteiger partial charge in [-0.05, 0) is 43.9 Å². The number of pyridine rings is 2. The van der Waals surface area contributed by atoms with E-state index in [2.05, 4.69) is 26.3 Å². The predicted octanol–water partition coefficient (Wildman–Crippen LogP) is 3.59. The van der Waals surface area contributed by atoms with Gasteiger partial charge in [-0.3, -0.25) is 0 Å². The van der Waals surface area contributed by atoms with Crippen molar-refractivity contribution in [1.82, 2.24) is 9.97 Å². The Kier molecular flexibility index (Phi) is 4.85. The molecule has 0 unspecified atom stereocenters. The number of aromatic nitrogens is 2. The van der Waals surface area contributed by atoms with Gasteiger partial charge in [0.2, 0.25) is 0 Å². The molecule has 6 nitrogen and oxygen atoms in total. The minimum absolute atomic E-state index is 0.0869. The first kappa shape index (κ1) is 18.6. The number of rotatable bonds is 4. The lowest BCUT2D eigenvalue weighted by atomic mass is 9.75. The van der Waals surface area contributed by atoms with Crippen molar-refractivity contribution in [3.05, 3.63) is 41.1 Å². The van der Waals surface area contributed by atoms with Gasteiger partial charge in [-0.25, -0.2) is 18.7 Å². The third-order valence-electron chi connectivity index (χ3n) is 5.55. The van der Waals surface area contributed by atoms with Crippen molar-refractivity contribution in [3.8, 4) is 6.07 Å². The second kappa shape index (κ2) is 7.32. The first-order valence-corrected chi connectivity index (χ1v) is 9.36. The van der Waals surface area contributed by atoms with E-state index in [0.717, 1.165) is 37.1 Å². The largest absolute Gasteiger partial charge is 0.381 e. The monoisotopic (exact) mass is 385 g/mol. The molecule has 0 atom stereocenters. The SMILES string of the molecule is Cc1c(F)cnc(Nc2cc(C3(C#N)CCOCC3)cc(N3CCC3)n2)c1F. The van der Waals surface area contributed by atoms with Crippen molar-refractivity contribution in [1.29, 1.82) is 5.26 Å². The lowest BCUT2D eigenvalue weighted by Crippen LogP contribution is -2.38. The van der Waals surface area contributed by atoms with E-state index in [1.54, 1.807) is 6.07 Å². The highest BCUT2D eigenvalue weighted by molar-refractivity contribution is 5.60. The molecule has 0 aliphatic carbocycles. The van der Waals surface area contributed by atoms with Gasteiger partial charge in [-0.1, -0.05) is 0 Å². The lowest BCUT2D eigenvalue weighted by molar-refractivity contribution is 0.0675. The van der Waals surface area contributed by atoms with Crippen LogP contribution in [0.4, 0.5) is 26.2 Å². The molecular weight excluding hydrogens is 364 g/mol. The van der Waals surface area contributed by atoms with Crippen molar-refractivity contribution < 1.29 is 13.5 Å². The maximum atomic E-state index is 14.4. The Hall–Kier alpha value is -2.79. The van der Waals surface area contributed by atoms with E-state index in [4.69, 9.17) is 4.74 Å². The zero-order valence-electron chi connectivity index (χ0n) is 15.6. The van der Waals surface area contributed by atoms with Crippen LogP contribution in [0, 0.1) is 29.9 Å². The third-order valence-corrected chi connectivity index (χ3v) is 5.55. The molecule has 2 aliphatic rings. The summed E-state index contributed by atoms with van der Waals surface area (Å²) in [6.45, 7) is 4.18. The van der Waals surface area contributed by atoms with Gasteiger partial charge < -0.3 is 15.0 Å². The van der Waals surface area contributed by atoms with Gasteiger partial charge in [-0.15, -0.1) is 0 Å². The van der Waals surface area contributed by atoms with Crippen LogP contribution in [0.1, 0.15) is 30.4 Å². The minimum Gasteiger partial charge on any atom is -0.381 e. The van der Waals surface area contributed by atoms with Crippen LogP contribution < -0.4 is 10.2 Å². The molecule has 4 rings (SSSR count). The Labute approximate surface area is 162 Å². The number of nitrogens with zero attached hydrogens (tertiary/aromatic N) is 4. The van der Waals surface area contributed by atoms with E-state index in [1.165, 1.54) is 6.92 Å². The molecular formula is C20H21F2N5O. The molecule has 8 heteroatoms. The number of halogens is 2. The number of hydrogen-bond donors (Lipinski definition) is 1. The van der Waals surface area contributed by atoms with E-state index in [0.29, 0.717) is 31.9 Å². The quantitative estimate of drug-likeness (QED) is 0.867. The molecule has 2 saturated heterocycles. The molecule has 4 heterocycles. The highest BCUT2D eigenvalue weighted by atomic mass is 19.1. The molecule has 146 valence electrons. The summed E-state index contributed by atoms with van der Waals surface area (Å²) >= 11 is 0. The molecule has 0 saturated carbocycles. The molecule has 0 amide bonds. The number of nitrogens with one attached hydrogen (secondary N) is 1. The van der Waals surface area contributed by atoms with Crippen molar-refractivity contribution in [2.24, 2.45) is 0 Å². The van der Waals surface area contributed by atoms with E-state index in [-0.39, 0.29) is 11.4 Å². The summed E-state index contributed by atoms with van der Waals surface area (Å²) in [6, 6.07) is 6.17. The molecule has 0 aromatic carbocycles. The van der Waals surface area contributed by atoms with E-state index in [9.17, 15) is 14.0 Å². The molecule has 0 spiro atoms. The molecule has 2 fully saturated rings. The van der Waals surface area contributed by atoms with Crippen LogP contribution in [-0.2, 0) is 10.2 Å². The van der Waals surface area contributed by atoms with Gasteiger partial charge in [0.15, 0.2) is 11.6 Å². The van der Waals surface area contributed by atoms with Crippen molar-refractivity contribution in [2.75, 3.05) is 36.5 Å². The normalized spacial score (nSPS) is 18.3. The van der Waals surface area contributed by atoms with Crippen LogP contribution in [0.15, 0.2) is 18.3 Å². The topological polar surface area (TPSA) is 74.1 Å². The average molecular weight is 385 g/mol. The van der Waals surface area contributed by atoms with Gasteiger partial charge in [0.1, 0.15) is 17.5 Å². The summed E-state index contributed by atoms with van der Waals surface area (Å²) in [6.07, 6.45) is 3.25. The van der Waals surface area contributed by atoms with Gasteiger partial charge in [-0.2, -0.15) is 5.26 Å². The average Bonchev–Trinajstić information content (AvgIpc) is 2.67. The van der Waals surface area contributed by atoms with Crippen LogP contribution in [0.2, 0.25) is 0 Å². The Balaban J connectivity index is 1.75. The highest BCUT2D eigenvalue weighted by Gasteiger charge is 2.36. The van der Waals surface area contributed by atoms with Gasteiger partial charge in [0.05, 0.1) is 17.7 Å². The lowest BCUT2D eigenvalue weighted by Gasteiger charge is -2.35. The maximum absolute atomic E-state index is 14.4. The Morgan fingerprint density at radius 2 is 2.00 bits per heavy atom. The van der Waals surface area contributed by atoms with Gasteiger partial charge in [0.25, 0.3) is 0 Å². The smallest absolute Gasteiger partial charge is 0.171 e. The molecule has 0 radical (unpaired) electrons. The van der Waals surface area contributed by atoms with Gasteiger partial charge >= 0.3 is 0 Å². The molecule has 1 N–H and O–H groups in total. The van der Waals surface area contributed by atoms with E-state index >= 15 is 0 Å². The van der Waals surface area contributed by atoms with E-state index in [1.807, 2.05) is 6.07 Å². The van der Waals surface area contributed by atoms with Crippen LogP contribution >= 0.6 is 0 Å².